The smallest absolute Gasteiger partial charge is 0.289 e. The predicted octanol–water partition coefficient (Wildman–Crippen LogP) is 2.46. The number of hydrogen-bond donors (Lipinski definition) is 0. The highest BCUT2D eigenvalue weighted by molar-refractivity contribution is 5.61. The first-order valence-electron chi connectivity index (χ1n) is 5.62. The Kier molecular flexibility index (Phi) is 2.96. The highest BCUT2D eigenvalue weighted by Crippen LogP contribution is 2.33. The topological polar surface area (TPSA) is 70.2 Å². The van der Waals surface area contributed by atoms with E-state index in [0.717, 1.165) is 25.1 Å². The standard InChI is InChI=1S/C12H13N3O2/c1-2-14(10-5-6-10)11-4-3-9(8-13)12(7-11)15(16)17/h3-4,7,10H,2,5-6H2,1H3. The molecule has 1 aromatic rings. The second-order valence-corrected chi connectivity index (χ2v) is 4.09. The van der Waals surface area contributed by atoms with E-state index in [1.165, 1.54) is 12.1 Å². The third kappa shape index (κ3) is 2.21. The molecular formula is C12H13N3O2. The van der Waals surface area contributed by atoms with Crippen LogP contribution in [0.15, 0.2) is 18.2 Å². The quantitative estimate of drug-likeness (QED) is 0.589. The molecule has 1 aliphatic carbocycles. The van der Waals surface area contributed by atoms with Crippen molar-refractivity contribution in [3.8, 4) is 6.07 Å². The van der Waals surface area contributed by atoms with Crippen LogP contribution in [0, 0.1) is 21.4 Å². The Labute approximate surface area is 99.4 Å². The fourth-order valence-electron chi connectivity index (χ4n) is 1.98. The molecule has 0 heterocycles. The Bertz CT molecular complexity index is 489. The second-order valence-electron chi connectivity index (χ2n) is 4.09. The maximum Gasteiger partial charge on any atom is 0.289 e. The number of anilines is 1. The van der Waals surface area contributed by atoms with Gasteiger partial charge in [0.2, 0.25) is 0 Å². The molecule has 0 aromatic heterocycles. The van der Waals surface area contributed by atoms with Crippen molar-refractivity contribution < 1.29 is 4.92 Å². The van der Waals surface area contributed by atoms with Crippen LogP contribution >= 0.6 is 0 Å². The highest BCUT2D eigenvalue weighted by atomic mass is 16.6. The van der Waals surface area contributed by atoms with Crippen LogP contribution in [0.4, 0.5) is 11.4 Å². The second kappa shape index (κ2) is 4.42. The number of nitriles is 1. The molecule has 88 valence electrons. The lowest BCUT2D eigenvalue weighted by atomic mass is 10.1. The molecule has 1 saturated carbocycles. The molecule has 1 aromatic carbocycles. The zero-order valence-electron chi connectivity index (χ0n) is 9.59. The van der Waals surface area contributed by atoms with Crippen molar-refractivity contribution in [1.82, 2.24) is 0 Å². The van der Waals surface area contributed by atoms with Gasteiger partial charge in [-0.1, -0.05) is 0 Å². The van der Waals surface area contributed by atoms with E-state index in [1.54, 1.807) is 6.07 Å². The number of nitrogens with zero attached hydrogens (tertiary/aromatic N) is 3. The van der Waals surface area contributed by atoms with Gasteiger partial charge in [0.1, 0.15) is 11.6 Å². The zero-order valence-corrected chi connectivity index (χ0v) is 9.59. The summed E-state index contributed by atoms with van der Waals surface area (Å²) in [5.74, 6) is 0. The lowest BCUT2D eigenvalue weighted by Crippen LogP contribution is -2.24. The van der Waals surface area contributed by atoms with Crippen LogP contribution in [-0.4, -0.2) is 17.5 Å². The van der Waals surface area contributed by atoms with E-state index in [4.69, 9.17) is 5.26 Å². The first kappa shape index (κ1) is 11.4. The van der Waals surface area contributed by atoms with Gasteiger partial charge in [-0.3, -0.25) is 10.1 Å². The van der Waals surface area contributed by atoms with Crippen LogP contribution in [0.3, 0.4) is 0 Å². The van der Waals surface area contributed by atoms with Crippen molar-refractivity contribution in [2.75, 3.05) is 11.4 Å². The fourth-order valence-corrected chi connectivity index (χ4v) is 1.98. The lowest BCUT2D eigenvalue weighted by Gasteiger charge is -2.22. The zero-order chi connectivity index (χ0) is 12.4. The van der Waals surface area contributed by atoms with Gasteiger partial charge in [0.25, 0.3) is 5.69 Å². The molecule has 0 bridgehead atoms. The van der Waals surface area contributed by atoms with Crippen LogP contribution in [0.25, 0.3) is 0 Å². The Morgan fingerprint density at radius 3 is 2.76 bits per heavy atom. The van der Waals surface area contributed by atoms with E-state index in [0.29, 0.717) is 6.04 Å². The highest BCUT2D eigenvalue weighted by Gasteiger charge is 2.29. The molecule has 0 atom stereocenters. The summed E-state index contributed by atoms with van der Waals surface area (Å²) in [6.45, 7) is 2.86. The van der Waals surface area contributed by atoms with E-state index in [2.05, 4.69) is 4.90 Å². The van der Waals surface area contributed by atoms with Crippen LogP contribution < -0.4 is 4.90 Å². The summed E-state index contributed by atoms with van der Waals surface area (Å²) in [6.07, 6.45) is 2.28. The molecule has 1 fully saturated rings. The number of nitro benzene ring substituents is 1. The maximum atomic E-state index is 10.9. The SMILES string of the molecule is CCN(c1ccc(C#N)c([N+](=O)[O-])c1)C1CC1. The van der Waals surface area contributed by atoms with Crippen molar-refractivity contribution in [2.24, 2.45) is 0 Å². The molecule has 0 unspecified atom stereocenters. The van der Waals surface area contributed by atoms with Gasteiger partial charge in [0.15, 0.2) is 0 Å². The van der Waals surface area contributed by atoms with Crippen molar-refractivity contribution in [1.29, 1.82) is 5.26 Å². The molecule has 0 aliphatic heterocycles. The summed E-state index contributed by atoms with van der Waals surface area (Å²) in [4.78, 5) is 12.5. The number of hydrogen-bond acceptors (Lipinski definition) is 4. The summed E-state index contributed by atoms with van der Waals surface area (Å²) in [6, 6.07) is 7.16. The lowest BCUT2D eigenvalue weighted by molar-refractivity contribution is -0.385. The van der Waals surface area contributed by atoms with Gasteiger partial charge in [0.05, 0.1) is 4.92 Å². The number of rotatable bonds is 4. The first-order chi connectivity index (χ1) is 8.17. The average Bonchev–Trinajstić information content (AvgIpc) is 3.14. The molecule has 0 spiro atoms. The third-order valence-corrected chi connectivity index (χ3v) is 2.96. The molecule has 17 heavy (non-hydrogen) atoms. The van der Waals surface area contributed by atoms with Crippen LogP contribution in [0.5, 0.6) is 0 Å². The monoisotopic (exact) mass is 231 g/mol. The van der Waals surface area contributed by atoms with E-state index in [1.807, 2.05) is 13.0 Å². The third-order valence-electron chi connectivity index (χ3n) is 2.96. The Morgan fingerprint density at radius 1 is 1.59 bits per heavy atom. The normalized spacial score (nSPS) is 14.1. The van der Waals surface area contributed by atoms with Crippen molar-refractivity contribution in [3.05, 3.63) is 33.9 Å². The largest absolute Gasteiger partial charge is 0.369 e. The molecular weight excluding hydrogens is 218 g/mol. The van der Waals surface area contributed by atoms with Gasteiger partial charge in [-0.2, -0.15) is 5.26 Å². The van der Waals surface area contributed by atoms with Crippen LogP contribution in [-0.2, 0) is 0 Å². The van der Waals surface area contributed by atoms with E-state index in [9.17, 15) is 10.1 Å². The van der Waals surface area contributed by atoms with Gasteiger partial charge in [-0.15, -0.1) is 0 Å². The van der Waals surface area contributed by atoms with Crippen LogP contribution in [0.2, 0.25) is 0 Å². The summed E-state index contributed by atoms with van der Waals surface area (Å²) >= 11 is 0. The van der Waals surface area contributed by atoms with E-state index < -0.39 is 4.92 Å². The Balaban J connectivity index is 2.39. The maximum absolute atomic E-state index is 10.9. The van der Waals surface area contributed by atoms with Gasteiger partial charge in [0, 0.05) is 24.3 Å². The molecule has 5 nitrogen and oxygen atoms in total. The molecule has 0 saturated heterocycles. The minimum atomic E-state index is -0.497. The van der Waals surface area contributed by atoms with E-state index in [-0.39, 0.29) is 11.3 Å². The molecule has 0 radical (unpaired) electrons. The Morgan fingerprint density at radius 2 is 2.29 bits per heavy atom. The summed E-state index contributed by atoms with van der Waals surface area (Å²) in [5, 5.41) is 19.7. The fraction of sp³-hybridized carbons (Fsp3) is 0.417. The molecule has 5 heteroatoms. The van der Waals surface area contributed by atoms with Gasteiger partial charge >= 0.3 is 0 Å². The van der Waals surface area contributed by atoms with Gasteiger partial charge in [-0.25, -0.2) is 0 Å². The van der Waals surface area contributed by atoms with E-state index >= 15 is 0 Å². The number of nitro groups is 1. The van der Waals surface area contributed by atoms with Crippen molar-refractivity contribution >= 4 is 11.4 Å². The van der Waals surface area contributed by atoms with Crippen LogP contribution in [0.1, 0.15) is 25.3 Å². The van der Waals surface area contributed by atoms with Crippen molar-refractivity contribution in [3.63, 3.8) is 0 Å². The van der Waals surface area contributed by atoms with Crippen molar-refractivity contribution in [2.45, 2.75) is 25.8 Å². The molecule has 0 N–H and O–H groups in total. The van der Waals surface area contributed by atoms with Gasteiger partial charge in [-0.05, 0) is 31.9 Å². The number of benzene rings is 1. The first-order valence-corrected chi connectivity index (χ1v) is 5.62. The van der Waals surface area contributed by atoms with Gasteiger partial charge < -0.3 is 4.90 Å². The summed E-state index contributed by atoms with van der Waals surface area (Å²) < 4.78 is 0. The molecule has 2 rings (SSSR count). The molecule has 1 aliphatic rings. The minimum Gasteiger partial charge on any atom is -0.369 e. The predicted molar refractivity (Wildman–Crippen MR) is 63.9 cm³/mol. The molecule has 0 amide bonds. The summed E-state index contributed by atoms with van der Waals surface area (Å²) in [5.41, 5.74) is 0.843. The summed E-state index contributed by atoms with van der Waals surface area (Å²) in [7, 11) is 0. The Hall–Kier alpha value is -2.09. The average molecular weight is 231 g/mol. The minimum absolute atomic E-state index is 0.107.